The number of aryl methyl sites for hydroxylation is 1. The molecule has 2 aliphatic rings. The van der Waals surface area contributed by atoms with E-state index in [1.54, 1.807) is 6.20 Å². The zero-order valence-electron chi connectivity index (χ0n) is 16.9. The van der Waals surface area contributed by atoms with Gasteiger partial charge in [-0.3, -0.25) is 4.79 Å². The molecule has 2 saturated heterocycles. The number of hydrogen-bond donors (Lipinski definition) is 0. The molecule has 2 aromatic rings. The highest BCUT2D eigenvalue weighted by molar-refractivity contribution is 5.93. The fraction of sp³-hybridized carbons (Fsp3) is 0.571. The number of piperidine rings is 1. The highest BCUT2D eigenvalue weighted by Gasteiger charge is 2.48. The first-order valence-corrected chi connectivity index (χ1v) is 10.2. The van der Waals surface area contributed by atoms with Crippen molar-refractivity contribution in [1.29, 1.82) is 0 Å². The van der Waals surface area contributed by atoms with E-state index in [0.29, 0.717) is 38.2 Å². The Hall–Kier alpha value is -2.57. The Labute approximate surface area is 165 Å². The molecule has 0 saturated carbocycles. The van der Waals surface area contributed by atoms with Crippen molar-refractivity contribution >= 4 is 17.6 Å². The summed E-state index contributed by atoms with van der Waals surface area (Å²) < 4.78 is 7.73. The van der Waals surface area contributed by atoms with Gasteiger partial charge in [0.2, 0.25) is 0 Å². The molecule has 7 heteroatoms. The zero-order valence-corrected chi connectivity index (χ0v) is 16.9. The smallest absolute Gasteiger partial charge is 0.410 e. The molecule has 0 aromatic carbocycles. The van der Waals surface area contributed by atoms with Gasteiger partial charge in [0.15, 0.2) is 0 Å². The van der Waals surface area contributed by atoms with Crippen LogP contribution in [0.5, 0.6) is 0 Å². The number of rotatable bonds is 4. The van der Waals surface area contributed by atoms with E-state index in [4.69, 9.17) is 4.74 Å². The maximum Gasteiger partial charge on any atom is 0.410 e. The molecule has 7 nitrogen and oxygen atoms in total. The monoisotopic (exact) mass is 384 g/mol. The summed E-state index contributed by atoms with van der Waals surface area (Å²) in [5, 5.41) is 0. The lowest BCUT2D eigenvalue weighted by molar-refractivity contribution is 0.00291. The fourth-order valence-corrected chi connectivity index (χ4v) is 4.35. The van der Waals surface area contributed by atoms with Crippen LogP contribution in [0.15, 0.2) is 24.4 Å². The highest BCUT2D eigenvalue weighted by atomic mass is 16.6. The van der Waals surface area contributed by atoms with E-state index >= 15 is 0 Å². The lowest BCUT2D eigenvalue weighted by Gasteiger charge is -2.37. The van der Waals surface area contributed by atoms with E-state index in [1.165, 1.54) is 0 Å². The van der Waals surface area contributed by atoms with Crippen molar-refractivity contribution in [3.8, 4) is 0 Å². The normalized spacial score (nSPS) is 20.0. The molecule has 0 unspecified atom stereocenters. The maximum absolute atomic E-state index is 12.9. The molecule has 4 rings (SSSR count). The summed E-state index contributed by atoms with van der Waals surface area (Å²) in [6.07, 6.45) is 4.96. The fourth-order valence-electron chi connectivity index (χ4n) is 4.35. The van der Waals surface area contributed by atoms with Crippen LogP contribution in [0.3, 0.4) is 0 Å². The van der Waals surface area contributed by atoms with Gasteiger partial charge in [-0.1, -0.05) is 19.4 Å². The lowest BCUT2D eigenvalue weighted by atomic mass is 9.91. The summed E-state index contributed by atoms with van der Waals surface area (Å²) in [6.45, 7) is 7.98. The lowest BCUT2D eigenvalue weighted by Crippen LogP contribution is -2.49. The van der Waals surface area contributed by atoms with Crippen molar-refractivity contribution in [2.45, 2.75) is 58.1 Å². The average Bonchev–Trinajstić information content (AvgIpc) is 3.25. The quantitative estimate of drug-likeness (QED) is 0.811. The molecule has 2 amide bonds. The minimum Gasteiger partial charge on any atom is -0.441 e. The molecule has 0 bridgehead atoms. The Bertz CT molecular complexity index is 898. The number of hydrogen-bond acceptors (Lipinski definition) is 4. The molecule has 1 atom stereocenters. The SMILES string of the molecule is CCC[C@H](C)N1CC2(CCN(C(=O)c3cn4c(C)cccc4n3)CC2)OC1=O. The van der Waals surface area contributed by atoms with Gasteiger partial charge in [-0.05, 0) is 32.4 Å². The number of ether oxygens (including phenoxy) is 1. The summed E-state index contributed by atoms with van der Waals surface area (Å²) in [5.41, 5.74) is 1.83. The standard InChI is InChI=1S/C21H28N4O3/c1-4-6-15(2)25-14-21(28-20(25)27)9-11-23(12-10-21)19(26)17-13-24-16(3)7-5-8-18(24)22-17/h5,7-8,13,15H,4,6,9-12,14H2,1-3H3/t15-/m0/s1. The van der Waals surface area contributed by atoms with E-state index in [-0.39, 0.29) is 18.0 Å². The topological polar surface area (TPSA) is 67.2 Å². The number of likely N-dealkylation sites (tertiary alicyclic amines) is 1. The second kappa shape index (κ2) is 7.11. The van der Waals surface area contributed by atoms with Crippen molar-refractivity contribution < 1.29 is 14.3 Å². The number of fused-ring (bicyclic) bond motifs is 1. The minimum absolute atomic E-state index is 0.0570. The van der Waals surface area contributed by atoms with Gasteiger partial charge >= 0.3 is 6.09 Å². The number of amides is 2. The van der Waals surface area contributed by atoms with E-state index in [2.05, 4.69) is 18.8 Å². The van der Waals surface area contributed by atoms with Crippen LogP contribution < -0.4 is 0 Å². The molecule has 0 N–H and O–H groups in total. The third kappa shape index (κ3) is 3.23. The molecule has 1 spiro atoms. The van der Waals surface area contributed by atoms with Gasteiger partial charge in [0.1, 0.15) is 16.9 Å². The van der Waals surface area contributed by atoms with E-state index in [9.17, 15) is 9.59 Å². The van der Waals surface area contributed by atoms with Crippen molar-refractivity contribution in [3.63, 3.8) is 0 Å². The minimum atomic E-state index is -0.453. The van der Waals surface area contributed by atoms with Crippen LogP contribution in [0.1, 0.15) is 55.7 Å². The predicted octanol–water partition coefficient (Wildman–Crippen LogP) is 3.26. The van der Waals surface area contributed by atoms with E-state index in [1.807, 2.05) is 39.3 Å². The summed E-state index contributed by atoms with van der Waals surface area (Å²) in [7, 11) is 0. The van der Waals surface area contributed by atoms with Crippen LogP contribution in [0.4, 0.5) is 4.79 Å². The van der Waals surface area contributed by atoms with Gasteiger partial charge in [0, 0.05) is 43.9 Å². The first-order chi connectivity index (χ1) is 13.4. The average molecular weight is 384 g/mol. The third-order valence-electron chi connectivity index (χ3n) is 6.11. The Balaban J connectivity index is 1.43. The summed E-state index contributed by atoms with van der Waals surface area (Å²) in [6, 6.07) is 6.03. The molecule has 28 heavy (non-hydrogen) atoms. The van der Waals surface area contributed by atoms with Crippen molar-refractivity contribution in [2.75, 3.05) is 19.6 Å². The van der Waals surface area contributed by atoms with Crippen molar-refractivity contribution in [2.24, 2.45) is 0 Å². The molecular formula is C21H28N4O3. The number of pyridine rings is 1. The van der Waals surface area contributed by atoms with Crippen LogP contribution in [0.2, 0.25) is 0 Å². The van der Waals surface area contributed by atoms with Crippen LogP contribution in [0, 0.1) is 6.92 Å². The summed E-state index contributed by atoms with van der Waals surface area (Å²) >= 11 is 0. The first kappa shape index (κ1) is 18.8. The Kier molecular flexibility index (Phi) is 4.77. The van der Waals surface area contributed by atoms with E-state index in [0.717, 1.165) is 24.2 Å². The van der Waals surface area contributed by atoms with Crippen molar-refractivity contribution in [3.05, 3.63) is 35.8 Å². The van der Waals surface area contributed by atoms with Gasteiger partial charge in [-0.2, -0.15) is 0 Å². The van der Waals surface area contributed by atoms with Crippen LogP contribution >= 0.6 is 0 Å². The van der Waals surface area contributed by atoms with Gasteiger partial charge in [-0.15, -0.1) is 0 Å². The molecule has 2 aliphatic heterocycles. The summed E-state index contributed by atoms with van der Waals surface area (Å²) in [5.74, 6) is -0.0570. The largest absolute Gasteiger partial charge is 0.441 e. The number of carbonyl (C=O) groups excluding carboxylic acids is 2. The number of nitrogens with zero attached hydrogens (tertiary/aromatic N) is 4. The van der Waals surface area contributed by atoms with Crippen LogP contribution in [-0.2, 0) is 4.74 Å². The van der Waals surface area contributed by atoms with Crippen LogP contribution in [0.25, 0.3) is 5.65 Å². The Morgan fingerprint density at radius 2 is 2.07 bits per heavy atom. The molecule has 150 valence electrons. The predicted molar refractivity (Wildman–Crippen MR) is 105 cm³/mol. The molecule has 2 fully saturated rings. The van der Waals surface area contributed by atoms with Gasteiger partial charge in [0.05, 0.1) is 6.54 Å². The molecule has 2 aromatic heterocycles. The summed E-state index contributed by atoms with van der Waals surface area (Å²) in [4.78, 5) is 33.4. The second-order valence-corrected chi connectivity index (χ2v) is 8.13. The number of imidazole rings is 1. The molecule has 0 radical (unpaired) electrons. The Morgan fingerprint density at radius 1 is 1.32 bits per heavy atom. The third-order valence-corrected chi connectivity index (χ3v) is 6.11. The van der Waals surface area contributed by atoms with Crippen molar-refractivity contribution in [1.82, 2.24) is 19.2 Å². The van der Waals surface area contributed by atoms with Gasteiger partial charge < -0.3 is 18.9 Å². The van der Waals surface area contributed by atoms with Gasteiger partial charge in [0.25, 0.3) is 5.91 Å². The molecule has 4 heterocycles. The molecule has 0 aliphatic carbocycles. The highest BCUT2D eigenvalue weighted by Crippen LogP contribution is 2.35. The van der Waals surface area contributed by atoms with Gasteiger partial charge in [-0.25, -0.2) is 9.78 Å². The first-order valence-electron chi connectivity index (χ1n) is 10.2. The number of carbonyl (C=O) groups is 2. The van der Waals surface area contributed by atoms with Crippen LogP contribution in [-0.4, -0.2) is 62.5 Å². The maximum atomic E-state index is 12.9. The molecular weight excluding hydrogens is 356 g/mol. The zero-order chi connectivity index (χ0) is 19.9. The Morgan fingerprint density at radius 3 is 2.75 bits per heavy atom. The number of aromatic nitrogens is 2. The van der Waals surface area contributed by atoms with E-state index < -0.39 is 5.60 Å². The second-order valence-electron chi connectivity index (χ2n) is 8.13.